The van der Waals surface area contributed by atoms with Crippen molar-refractivity contribution < 1.29 is 9.53 Å². The predicted molar refractivity (Wildman–Crippen MR) is 91.0 cm³/mol. The van der Waals surface area contributed by atoms with E-state index in [2.05, 4.69) is 22.0 Å². The van der Waals surface area contributed by atoms with Gasteiger partial charge in [0.15, 0.2) is 0 Å². The molecule has 6 heteroatoms. The smallest absolute Gasteiger partial charge is 0.272 e. The summed E-state index contributed by atoms with van der Waals surface area (Å²) in [4.78, 5) is 17.2. The van der Waals surface area contributed by atoms with Crippen LogP contribution in [0, 0.1) is 0 Å². The molecule has 3 heterocycles. The van der Waals surface area contributed by atoms with Gasteiger partial charge in [0.05, 0.1) is 0 Å². The molecule has 1 amide bonds. The predicted octanol–water partition coefficient (Wildman–Crippen LogP) is 2.14. The lowest BCUT2D eigenvalue weighted by atomic mass is 10.0. The van der Waals surface area contributed by atoms with Crippen molar-refractivity contribution in [3.63, 3.8) is 0 Å². The molecule has 1 aromatic carbocycles. The molecule has 1 saturated heterocycles. The van der Waals surface area contributed by atoms with Gasteiger partial charge in [0.2, 0.25) is 0 Å². The molecule has 0 unspecified atom stereocenters. The van der Waals surface area contributed by atoms with Crippen molar-refractivity contribution in [2.45, 2.75) is 20.0 Å². The molecule has 4 rings (SSSR count). The first-order valence-electron chi connectivity index (χ1n) is 8.59. The molecule has 1 aromatic heterocycles. The van der Waals surface area contributed by atoms with E-state index in [0.717, 1.165) is 61.7 Å². The first kappa shape index (κ1) is 15.2. The molecule has 0 bridgehead atoms. The third-order valence-electron chi connectivity index (χ3n) is 4.79. The minimum atomic E-state index is 0.0304. The maximum atomic E-state index is 12.9. The van der Waals surface area contributed by atoms with Gasteiger partial charge in [-0.25, -0.2) is 0 Å². The first-order valence-corrected chi connectivity index (χ1v) is 8.59. The van der Waals surface area contributed by atoms with E-state index < -0.39 is 0 Å². The van der Waals surface area contributed by atoms with Gasteiger partial charge in [-0.3, -0.25) is 14.8 Å². The number of benzene rings is 1. The summed E-state index contributed by atoms with van der Waals surface area (Å²) >= 11 is 0. The number of hydrogen-bond donors (Lipinski definition) is 1. The van der Waals surface area contributed by atoms with Gasteiger partial charge in [-0.1, -0.05) is 19.1 Å². The highest BCUT2D eigenvalue weighted by atomic mass is 16.5. The Hall–Kier alpha value is -2.34. The van der Waals surface area contributed by atoms with E-state index >= 15 is 0 Å². The Morgan fingerprint density at radius 2 is 2.04 bits per heavy atom. The number of amides is 1. The SMILES string of the molecule is CCCN1CCN(C(=O)c2[nH]nc3c2COc2ccccc2-3)CC1. The number of para-hydroxylation sites is 1. The number of carbonyl (C=O) groups is 1. The van der Waals surface area contributed by atoms with Crippen LogP contribution in [0.3, 0.4) is 0 Å². The lowest BCUT2D eigenvalue weighted by molar-refractivity contribution is 0.0629. The third kappa shape index (κ3) is 2.57. The van der Waals surface area contributed by atoms with Crippen molar-refractivity contribution in [3.05, 3.63) is 35.5 Å². The molecule has 1 fully saturated rings. The summed E-state index contributed by atoms with van der Waals surface area (Å²) < 4.78 is 5.80. The summed E-state index contributed by atoms with van der Waals surface area (Å²) in [6.07, 6.45) is 1.15. The van der Waals surface area contributed by atoms with Crippen molar-refractivity contribution in [2.24, 2.45) is 0 Å². The number of aromatic nitrogens is 2. The normalized spacial score (nSPS) is 17.1. The zero-order chi connectivity index (χ0) is 16.5. The van der Waals surface area contributed by atoms with E-state index in [0.29, 0.717) is 12.3 Å². The van der Waals surface area contributed by atoms with Crippen molar-refractivity contribution in [1.29, 1.82) is 0 Å². The van der Waals surface area contributed by atoms with Crippen LogP contribution in [0.25, 0.3) is 11.3 Å². The number of rotatable bonds is 3. The number of hydrogen-bond acceptors (Lipinski definition) is 4. The Kier molecular flexibility index (Phi) is 3.98. The summed E-state index contributed by atoms with van der Waals surface area (Å²) in [5.74, 6) is 0.853. The number of carbonyl (C=O) groups excluding carboxylic acids is 1. The van der Waals surface area contributed by atoms with Crippen LogP contribution in [0.15, 0.2) is 24.3 Å². The first-order chi connectivity index (χ1) is 11.8. The van der Waals surface area contributed by atoms with Gasteiger partial charge in [-0.2, -0.15) is 5.10 Å². The Balaban J connectivity index is 1.55. The molecular weight excluding hydrogens is 304 g/mol. The van der Waals surface area contributed by atoms with Crippen LogP contribution in [0.4, 0.5) is 0 Å². The van der Waals surface area contributed by atoms with E-state index in [1.807, 2.05) is 29.2 Å². The van der Waals surface area contributed by atoms with E-state index in [4.69, 9.17) is 4.74 Å². The Morgan fingerprint density at radius 1 is 1.25 bits per heavy atom. The Bertz CT molecular complexity index is 747. The molecular formula is C18H22N4O2. The fourth-order valence-corrected chi connectivity index (χ4v) is 3.49. The maximum absolute atomic E-state index is 12.9. The lowest BCUT2D eigenvalue weighted by Gasteiger charge is -2.34. The number of ether oxygens (including phenoxy) is 1. The van der Waals surface area contributed by atoms with Crippen LogP contribution in [-0.2, 0) is 6.61 Å². The minimum absolute atomic E-state index is 0.0304. The van der Waals surface area contributed by atoms with Crippen molar-refractivity contribution in [2.75, 3.05) is 32.7 Å². The summed E-state index contributed by atoms with van der Waals surface area (Å²) in [6.45, 7) is 7.09. The fourth-order valence-electron chi connectivity index (χ4n) is 3.49. The molecule has 0 spiro atoms. The monoisotopic (exact) mass is 326 g/mol. The molecule has 2 aromatic rings. The van der Waals surface area contributed by atoms with E-state index in [-0.39, 0.29) is 5.91 Å². The molecule has 126 valence electrons. The van der Waals surface area contributed by atoms with Gasteiger partial charge in [0.25, 0.3) is 5.91 Å². The van der Waals surface area contributed by atoms with Crippen LogP contribution in [0.1, 0.15) is 29.4 Å². The van der Waals surface area contributed by atoms with Crippen molar-refractivity contribution in [3.8, 4) is 17.0 Å². The maximum Gasteiger partial charge on any atom is 0.272 e. The average Bonchev–Trinajstić information content (AvgIpc) is 3.06. The second kappa shape index (κ2) is 6.28. The number of piperazine rings is 1. The van der Waals surface area contributed by atoms with Crippen LogP contribution in [0.2, 0.25) is 0 Å². The molecule has 0 saturated carbocycles. The van der Waals surface area contributed by atoms with Crippen LogP contribution in [-0.4, -0.2) is 58.6 Å². The molecule has 0 aliphatic carbocycles. The molecule has 0 atom stereocenters. The van der Waals surface area contributed by atoms with Crippen LogP contribution < -0.4 is 4.74 Å². The topological polar surface area (TPSA) is 61.5 Å². The van der Waals surface area contributed by atoms with E-state index in [1.165, 1.54) is 0 Å². The van der Waals surface area contributed by atoms with Crippen LogP contribution >= 0.6 is 0 Å². The van der Waals surface area contributed by atoms with Gasteiger partial charge < -0.3 is 9.64 Å². The standard InChI is InChI=1S/C18H22N4O2/c1-2-7-21-8-10-22(11-9-21)18(23)17-14-12-24-15-6-4-3-5-13(15)16(14)19-20-17/h3-6H,2,7-12H2,1H3,(H,19,20). The van der Waals surface area contributed by atoms with Crippen molar-refractivity contribution in [1.82, 2.24) is 20.0 Å². The van der Waals surface area contributed by atoms with Crippen LogP contribution in [0.5, 0.6) is 5.75 Å². The highest BCUT2D eigenvalue weighted by Gasteiger charge is 2.29. The van der Waals surface area contributed by atoms with Gasteiger partial charge in [0.1, 0.15) is 23.7 Å². The Morgan fingerprint density at radius 3 is 2.83 bits per heavy atom. The highest BCUT2D eigenvalue weighted by Crippen LogP contribution is 2.37. The molecule has 1 N–H and O–H groups in total. The number of H-pyrrole nitrogens is 1. The molecule has 24 heavy (non-hydrogen) atoms. The summed E-state index contributed by atoms with van der Waals surface area (Å²) in [7, 11) is 0. The zero-order valence-electron chi connectivity index (χ0n) is 13.9. The van der Waals surface area contributed by atoms with Gasteiger partial charge >= 0.3 is 0 Å². The number of fused-ring (bicyclic) bond motifs is 3. The molecule has 2 aliphatic rings. The second-order valence-electron chi connectivity index (χ2n) is 6.34. The van der Waals surface area contributed by atoms with Gasteiger partial charge in [-0.05, 0) is 25.1 Å². The largest absolute Gasteiger partial charge is 0.488 e. The minimum Gasteiger partial charge on any atom is -0.488 e. The molecule has 0 radical (unpaired) electrons. The van der Waals surface area contributed by atoms with Crippen molar-refractivity contribution >= 4 is 5.91 Å². The third-order valence-corrected chi connectivity index (χ3v) is 4.79. The lowest BCUT2D eigenvalue weighted by Crippen LogP contribution is -2.49. The quantitative estimate of drug-likeness (QED) is 0.939. The fraction of sp³-hybridized carbons (Fsp3) is 0.444. The summed E-state index contributed by atoms with van der Waals surface area (Å²) in [5, 5.41) is 7.35. The zero-order valence-corrected chi connectivity index (χ0v) is 13.9. The van der Waals surface area contributed by atoms with Gasteiger partial charge in [-0.15, -0.1) is 0 Å². The highest BCUT2D eigenvalue weighted by molar-refractivity contribution is 5.96. The average molecular weight is 326 g/mol. The summed E-state index contributed by atoms with van der Waals surface area (Å²) in [6, 6.07) is 7.81. The molecule has 6 nitrogen and oxygen atoms in total. The Labute approximate surface area is 141 Å². The second-order valence-corrected chi connectivity index (χ2v) is 6.34. The number of nitrogens with zero attached hydrogens (tertiary/aromatic N) is 3. The number of nitrogens with one attached hydrogen (secondary N) is 1. The number of aromatic amines is 1. The van der Waals surface area contributed by atoms with E-state index in [9.17, 15) is 4.79 Å². The van der Waals surface area contributed by atoms with E-state index in [1.54, 1.807) is 0 Å². The summed E-state index contributed by atoms with van der Waals surface area (Å²) in [5.41, 5.74) is 3.23. The molecule has 2 aliphatic heterocycles. The van der Waals surface area contributed by atoms with Gasteiger partial charge in [0, 0.05) is 37.3 Å².